The van der Waals surface area contributed by atoms with E-state index in [-0.39, 0.29) is 0 Å². The van der Waals surface area contributed by atoms with Crippen molar-refractivity contribution in [3.63, 3.8) is 0 Å². The molecule has 0 atom stereocenters. The summed E-state index contributed by atoms with van der Waals surface area (Å²) < 4.78 is 2.05. The molecule has 0 aliphatic heterocycles. The van der Waals surface area contributed by atoms with Crippen molar-refractivity contribution in [2.75, 3.05) is 0 Å². The highest BCUT2D eigenvalue weighted by atomic mass is 79.9. The predicted molar refractivity (Wildman–Crippen MR) is 76.2 cm³/mol. The van der Waals surface area contributed by atoms with E-state index in [1.807, 2.05) is 18.2 Å². The molecule has 80 valence electrons. The molecular formula is C12H6Br2ClN. The quantitative estimate of drug-likeness (QED) is 0.545. The number of H-pyrrole nitrogens is 1. The van der Waals surface area contributed by atoms with Crippen molar-refractivity contribution in [2.45, 2.75) is 0 Å². The van der Waals surface area contributed by atoms with Gasteiger partial charge in [-0.1, -0.05) is 27.5 Å². The van der Waals surface area contributed by atoms with Crippen LogP contribution in [0.25, 0.3) is 21.8 Å². The first-order valence-electron chi connectivity index (χ1n) is 4.71. The Morgan fingerprint density at radius 1 is 1.00 bits per heavy atom. The van der Waals surface area contributed by atoms with Crippen LogP contribution in [0, 0.1) is 0 Å². The molecule has 0 spiro atoms. The smallest absolute Gasteiger partial charge is 0.0610 e. The number of fused-ring (bicyclic) bond motifs is 3. The Balaban J connectivity index is 2.57. The van der Waals surface area contributed by atoms with E-state index in [0.29, 0.717) is 0 Å². The standard InChI is InChI=1S/C12H6Br2ClN/c13-6-1-2-11-8(3-6)9-4-7(15)5-10(14)12(9)16-11/h1-5,16H. The SMILES string of the molecule is Clc1cc(Br)c2[nH]c3ccc(Br)cc3c2c1. The lowest BCUT2D eigenvalue weighted by Gasteiger charge is -1.96. The van der Waals surface area contributed by atoms with Crippen LogP contribution in [0.3, 0.4) is 0 Å². The summed E-state index contributed by atoms with van der Waals surface area (Å²) in [5, 5.41) is 3.04. The van der Waals surface area contributed by atoms with E-state index in [1.165, 1.54) is 5.39 Å². The second-order valence-electron chi connectivity index (χ2n) is 3.63. The molecule has 0 saturated carbocycles. The molecule has 0 bridgehead atoms. The van der Waals surface area contributed by atoms with Crippen molar-refractivity contribution < 1.29 is 0 Å². The molecule has 2 aromatic carbocycles. The van der Waals surface area contributed by atoms with E-state index < -0.39 is 0 Å². The van der Waals surface area contributed by atoms with Crippen molar-refractivity contribution in [2.24, 2.45) is 0 Å². The first-order valence-corrected chi connectivity index (χ1v) is 6.67. The number of aromatic nitrogens is 1. The fourth-order valence-electron chi connectivity index (χ4n) is 1.90. The number of aromatic amines is 1. The average molecular weight is 359 g/mol. The fourth-order valence-corrected chi connectivity index (χ4v) is 3.17. The number of hydrogen-bond acceptors (Lipinski definition) is 0. The Bertz CT molecular complexity index is 703. The van der Waals surface area contributed by atoms with Gasteiger partial charge in [0.15, 0.2) is 0 Å². The minimum Gasteiger partial charge on any atom is -0.354 e. The summed E-state index contributed by atoms with van der Waals surface area (Å²) in [6.45, 7) is 0. The van der Waals surface area contributed by atoms with Gasteiger partial charge in [-0.3, -0.25) is 0 Å². The number of hydrogen-bond donors (Lipinski definition) is 1. The molecule has 3 aromatic rings. The molecule has 1 aromatic heterocycles. The Labute approximate surface area is 114 Å². The highest BCUT2D eigenvalue weighted by molar-refractivity contribution is 9.11. The third-order valence-electron chi connectivity index (χ3n) is 2.59. The maximum absolute atomic E-state index is 6.07. The highest BCUT2D eigenvalue weighted by Crippen LogP contribution is 2.34. The lowest BCUT2D eigenvalue weighted by atomic mass is 10.1. The van der Waals surface area contributed by atoms with Crippen molar-refractivity contribution in [3.8, 4) is 0 Å². The molecule has 16 heavy (non-hydrogen) atoms. The fraction of sp³-hybridized carbons (Fsp3) is 0. The van der Waals surface area contributed by atoms with Gasteiger partial charge >= 0.3 is 0 Å². The van der Waals surface area contributed by atoms with Gasteiger partial charge in [0, 0.05) is 30.3 Å². The maximum Gasteiger partial charge on any atom is 0.0610 e. The van der Waals surface area contributed by atoms with Gasteiger partial charge in [-0.25, -0.2) is 0 Å². The zero-order valence-electron chi connectivity index (χ0n) is 8.02. The van der Waals surface area contributed by atoms with Gasteiger partial charge in [-0.15, -0.1) is 0 Å². The molecule has 1 nitrogen and oxygen atoms in total. The molecule has 4 heteroatoms. The predicted octanol–water partition coefficient (Wildman–Crippen LogP) is 5.50. The molecular weight excluding hydrogens is 353 g/mol. The number of benzene rings is 2. The van der Waals surface area contributed by atoms with Crippen molar-refractivity contribution in [1.29, 1.82) is 0 Å². The van der Waals surface area contributed by atoms with E-state index in [4.69, 9.17) is 11.6 Å². The van der Waals surface area contributed by atoms with Gasteiger partial charge in [-0.2, -0.15) is 0 Å². The summed E-state index contributed by atoms with van der Waals surface area (Å²) in [5.74, 6) is 0. The molecule has 0 radical (unpaired) electrons. The Morgan fingerprint density at radius 3 is 2.62 bits per heavy atom. The van der Waals surface area contributed by atoms with Crippen LogP contribution in [-0.2, 0) is 0 Å². The molecule has 1 N–H and O–H groups in total. The molecule has 0 aliphatic rings. The maximum atomic E-state index is 6.07. The summed E-state index contributed by atoms with van der Waals surface area (Å²) in [4.78, 5) is 3.37. The van der Waals surface area contributed by atoms with Crippen LogP contribution < -0.4 is 0 Å². The number of nitrogens with one attached hydrogen (secondary N) is 1. The molecule has 0 saturated heterocycles. The van der Waals surface area contributed by atoms with E-state index >= 15 is 0 Å². The number of rotatable bonds is 0. The van der Waals surface area contributed by atoms with Gasteiger partial charge in [-0.05, 0) is 46.3 Å². The third-order valence-corrected chi connectivity index (χ3v) is 3.92. The second kappa shape index (κ2) is 3.76. The zero-order chi connectivity index (χ0) is 11.3. The van der Waals surface area contributed by atoms with Crippen LogP contribution in [0.4, 0.5) is 0 Å². The van der Waals surface area contributed by atoms with E-state index in [2.05, 4.69) is 49.0 Å². The number of halogens is 3. The lowest BCUT2D eigenvalue weighted by molar-refractivity contribution is 1.53. The van der Waals surface area contributed by atoms with Crippen LogP contribution in [0.2, 0.25) is 5.02 Å². The summed E-state index contributed by atoms with van der Waals surface area (Å²) >= 11 is 13.1. The van der Waals surface area contributed by atoms with Crippen molar-refractivity contribution >= 4 is 65.3 Å². The summed E-state index contributed by atoms with van der Waals surface area (Å²) in [6, 6.07) is 10.0. The monoisotopic (exact) mass is 357 g/mol. The summed E-state index contributed by atoms with van der Waals surface area (Å²) in [6.07, 6.45) is 0. The minimum atomic E-state index is 0.736. The Kier molecular flexibility index (Phi) is 2.50. The van der Waals surface area contributed by atoms with Crippen LogP contribution >= 0.6 is 43.5 Å². The van der Waals surface area contributed by atoms with Gasteiger partial charge in [0.1, 0.15) is 0 Å². The average Bonchev–Trinajstić information content (AvgIpc) is 2.57. The van der Waals surface area contributed by atoms with Crippen molar-refractivity contribution in [1.82, 2.24) is 4.98 Å². The molecule has 0 fully saturated rings. The van der Waals surface area contributed by atoms with Gasteiger partial charge in [0.25, 0.3) is 0 Å². The summed E-state index contributed by atoms with van der Waals surface area (Å²) in [5.41, 5.74) is 2.19. The zero-order valence-corrected chi connectivity index (χ0v) is 11.9. The van der Waals surface area contributed by atoms with E-state index in [1.54, 1.807) is 0 Å². The second-order valence-corrected chi connectivity index (χ2v) is 5.83. The van der Waals surface area contributed by atoms with Gasteiger partial charge in [0.05, 0.1) is 5.52 Å². The molecule has 3 rings (SSSR count). The van der Waals surface area contributed by atoms with E-state index in [0.717, 1.165) is 30.4 Å². The van der Waals surface area contributed by atoms with E-state index in [9.17, 15) is 0 Å². The van der Waals surface area contributed by atoms with Crippen LogP contribution in [0.15, 0.2) is 39.3 Å². The highest BCUT2D eigenvalue weighted by Gasteiger charge is 2.08. The molecule has 0 amide bonds. The molecule has 0 aliphatic carbocycles. The molecule has 0 unspecified atom stereocenters. The van der Waals surface area contributed by atoms with Crippen molar-refractivity contribution in [3.05, 3.63) is 44.3 Å². The largest absolute Gasteiger partial charge is 0.354 e. The first-order chi connectivity index (χ1) is 7.65. The lowest BCUT2D eigenvalue weighted by Crippen LogP contribution is -1.71. The summed E-state index contributed by atoms with van der Waals surface area (Å²) in [7, 11) is 0. The first kappa shape index (κ1) is 10.6. The Morgan fingerprint density at radius 2 is 1.81 bits per heavy atom. The van der Waals surface area contributed by atoms with Gasteiger partial charge < -0.3 is 4.98 Å². The van der Waals surface area contributed by atoms with Crippen LogP contribution in [0.5, 0.6) is 0 Å². The minimum absolute atomic E-state index is 0.736. The normalized spacial score (nSPS) is 11.4. The Hall–Kier alpha value is -0.510. The third kappa shape index (κ3) is 1.58. The van der Waals surface area contributed by atoms with Crippen LogP contribution in [0.1, 0.15) is 0 Å². The molecule has 1 heterocycles. The topological polar surface area (TPSA) is 15.8 Å². The van der Waals surface area contributed by atoms with Crippen LogP contribution in [-0.4, -0.2) is 4.98 Å². The van der Waals surface area contributed by atoms with Gasteiger partial charge in [0.2, 0.25) is 0 Å².